The summed E-state index contributed by atoms with van der Waals surface area (Å²) in [5.74, 6) is 0.230. The van der Waals surface area contributed by atoms with Crippen LogP contribution in [0.1, 0.15) is 6.42 Å². The molecule has 3 amide bonds. The predicted molar refractivity (Wildman–Crippen MR) is 63.5 cm³/mol. The summed E-state index contributed by atoms with van der Waals surface area (Å²) in [7, 11) is 0. The van der Waals surface area contributed by atoms with Crippen LogP contribution in [0.15, 0.2) is 24.3 Å². The Morgan fingerprint density at radius 1 is 1.39 bits per heavy atom. The summed E-state index contributed by atoms with van der Waals surface area (Å²) in [5.41, 5.74) is 0.628. The summed E-state index contributed by atoms with van der Waals surface area (Å²) in [6, 6.07) is 6.36. The smallest absolute Gasteiger partial charge is 0.328 e. The van der Waals surface area contributed by atoms with Crippen LogP contribution in [0.3, 0.4) is 0 Å². The molecule has 0 aromatic heterocycles. The van der Waals surface area contributed by atoms with Gasteiger partial charge in [-0.15, -0.1) is 0 Å². The molecular formula is C12H12N2O4. The average Bonchev–Trinajstić information content (AvgIpc) is 2.36. The van der Waals surface area contributed by atoms with Crippen LogP contribution < -0.4 is 15.0 Å². The first-order chi connectivity index (χ1) is 8.70. The van der Waals surface area contributed by atoms with Crippen LogP contribution >= 0.6 is 0 Å². The number of ether oxygens (including phenoxy) is 1. The summed E-state index contributed by atoms with van der Waals surface area (Å²) in [4.78, 5) is 34.3. The van der Waals surface area contributed by atoms with Crippen molar-refractivity contribution in [2.24, 2.45) is 0 Å². The molecule has 94 valence electrons. The first kappa shape index (κ1) is 12.1. The molecule has 1 N–H and O–H groups in total. The molecule has 0 radical (unpaired) electrons. The molecule has 0 bridgehead atoms. The Labute approximate surface area is 104 Å². The van der Waals surface area contributed by atoms with Gasteiger partial charge < -0.3 is 4.74 Å². The second-order valence-electron chi connectivity index (χ2n) is 3.73. The van der Waals surface area contributed by atoms with E-state index in [1.165, 1.54) is 4.90 Å². The second kappa shape index (κ2) is 5.31. The van der Waals surface area contributed by atoms with Crippen molar-refractivity contribution in [2.45, 2.75) is 6.42 Å². The van der Waals surface area contributed by atoms with Crippen LogP contribution in [-0.2, 0) is 9.59 Å². The lowest BCUT2D eigenvalue weighted by molar-refractivity contribution is -0.120. The summed E-state index contributed by atoms with van der Waals surface area (Å²) < 4.78 is 5.15. The highest BCUT2D eigenvalue weighted by molar-refractivity contribution is 6.05. The van der Waals surface area contributed by atoms with Crippen LogP contribution in [0.25, 0.3) is 0 Å². The van der Waals surface area contributed by atoms with Crippen molar-refractivity contribution in [2.75, 3.05) is 18.1 Å². The number of hydrogen-bond acceptors (Lipinski definition) is 4. The number of anilines is 1. The highest BCUT2D eigenvalue weighted by Crippen LogP contribution is 2.22. The molecule has 1 saturated heterocycles. The Morgan fingerprint density at radius 2 is 2.22 bits per heavy atom. The average molecular weight is 248 g/mol. The third-order valence-corrected chi connectivity index (χ3v) is 2.50. The van der Waals surface area contributed by atoms with E-state index in [9.17, 15) is 14.4 Å². The third-order valence-electron chi connectivity index (χ3n) is 2.50. The summed E-state index contributed by atoms with van der Waals surface area (Å²) in [6.07, 6.45) is 0.921. The van der Waals surface area contributed by atoms with E-state index in [0.29, 0.717) is 24.3 Å². The molecule has 1 fully saturated rings. The van der Waals surface area contributed by atoms with Crippen molar-refractivity contribution in [3.05, 3.63) is 24.3 Å². The number of amides is 3. The van der Waals surface area contributed by atoms with Crippen LogP contribution in [0.2, 0.25) is 0 Å². The number of aldehydes is 1. The monoisotopic (exact) mass is 248 g/mol. The van der Waals surface area contributed by atoms with Gasteiger partial charge in [-0.1, -0.05) is 6.07 Å². The van der Waals surface area contributed by atoms with Crippen molar-refractivity contribution >= 4 is 23.9 Å². The van der Waals surface area contributed by atoms with Crippen molar-refractivity contribution in [3.8, 4) is 5.75 Å². The number of carbonyl (C=O) groups excluding carboxylic acids is 3. The highest BCUT2D eigenvalue weighted by Gasteiger charge is 2.24. The maximum atomic E-state index is 11.6. The number of carbonyl (C=O) groups is 3. The van der Waals surface area contributed by atoms with E-state index in [-0.39, 0.29) is 18.9 Å². The summed E-state index contributed by atoms with van der Waals surface area (Å²) in [5, 5.41) is 2.24. The minimum Gasteiger partial charge on any atom is -0.486 e. The van der Waals surface area contributed by atoms with E-state index in [2.05, 4.69) is 5.32 Å². The van der Waals surface area contributed by atoms with E-state index >= 15 is 0 Å². The Hall–Kier alpha value is -2.37. The fraction of sp³-hybridized carbons (Fsp3) is 0.250. The maximum Gasteiger partial charge on any atom is 0.328 e. The number of urea groups is 1. The van der Waals surface area contributed by atoms with Crippen molar-refractivity contribution in [3.63, 3.8) is 0 Å². The zero-order chi connectivity index (χ0) is 13.0. The largest absolute Gasteiger partial charge is 0.486 e. The molecule has 2 rings (SSSR count). The van der Waals surface area contributed by atoms with Gasteiger partial charge >= 0.3 is 6.03 Å². The van der Waals surface area contributed by atoms with Gasteiger partial charge in [0.05, 0.1) is 0 Å². The molecule has 1 heterocycles. The first-order valence-electron chi connectivity index (χ1n) is 5.48. The molecule has 0 saturated carbocycles. The normalized spacial score (nSPS) is 15.2. The molecule has 1 aliphatic rings. The number of rotatable bonds is 4. The van der Waals surface area contributed by atoms with Crippen LogP contribution in [0.5, 0.6) is 5.75 Å². The topological polar surface area (TPSA) is 75.7 Å². The van der Waals surface area contributed by atoms with Crippen molar-refractivity contribution < 1.29 is 19.1 Å². The van der Waals surface area contributed by atoms with Crippen LogP contribution in [0.4, 0.5) is 10.5 Å². The third kappa shape index (κ3) is 2.65. The van der Waals surface area contributed by atoms with E-state index in [1.54, 1.807) is 24.3 Å². The van der Waals surface area contributed by atoms with E-state index < -0.39 is 6.03 Å². The second-order valence-corrected chi connectivity index (χ2v) is 3.73. The lowest BCUT2D eigenvalue weighted by atomic mass is 10.2. The molecule has 0 spiro atoms. The van der Waals surface area contributed by atoms with Crippen LogP contribution in [0, 0.1) is 0 Å². The minimum absolute atomic E-state index is 0.0336. The maximum absolute atomic E-state index is 11.6. The van der Waals surface area contributed by atoms with Gasteiger partial charge in [-0.25, -0.2) is 4.79 Å². The Bertz CT molecular complexity index is 487. The molecular weight excluding hydrogens is 236 g/mol. The number of nitrogens with zero attached hydrogens (tertiary/aromatic N) is 1. The van der Waals surface area contributed by atoms with Gasteiger partial charge in [0.1, 0.15) is 12.4 Å². The molecule has 0 aliphatic carbocycles. The molecule has 0 atom stereocenters. The molecule has 18 heavy (non-hydrogen) atoms. The lowest BCUT2D eigenvalue weighted by Gasteiger charge is -2.26. The number of benzene rings is 1. The summed E-state index contributed by atoms with van der Waals surface area (Å²) in [6.45, 7) is 0.302. The van der Waals surface area contributed by atoms with Gasteiger partial charge in [0, 0.05) is 24.7 Å². The van der Waals surface area contributed by atoms with E-state index in [4.69, 9.17) is 4.74 Å². The molecule has 6 heteroatoms. The standard InChI is InChI=1S/C12H12N2O4/c15-6-7-18-10-3-1-2-9(8-10)14-5-4-11(16)13-12(14)17/h1-3,6,8H,4-5,7H2,(H,13,16,17). The Balaban J connectivity index is 2.14. The Morgan fingerprint density at radius 3 is 2.94 bits per heavy atom. The van der Waals surface area contributed by atoms with Gasteiger partial charge in [0.2, 0.25) is 5.91 Å². The van der Waals surface area contributed by atoms with Gasteiger partial charge in [0.15, 0.2) is 6.29 Å². The van der Waals surface area contributed by atoms with Gasteiger partial charge in [-0.2, -0.15) is 0 Å². The van der Waals surface area contributed by atoms with E-state index in [1.807, 2.05) is 0 Å². The zero-order valence-corrected chi connectivity index (χ0v) is 9.59. The fourth-order valence-electron chi connectivity index (χ4n) is 1.68. The van der Waals surface area contributed by atoms with E-state index in [0.717, 1.165) is 0 Å². The Kier molecular flexibility index (Phi) is 3.57. The first-order valence-corrected chi connectivity index (χ1v) is 5.48. The molecule has 6 nitrogen and oxygen atoms in total. The number of imide groups is 1. The zero-order valence-electron chi connectivity index (χ0n) is 9.59. The number of nitrogens with one attached hydrogen (secondary N) is 1. The highest BCUT2D eigenvalue weighted by atomic mass is 16.5. The molecule has 1 aromatic carbocycles. The summed E-state index contributed by atoms with van der Waals surface area (Å²) >= 11 is 0. The van der Waals surface area contributed by atoms with Gasteiger partial charge in [-0.05, 0) is 12.1 Å². The van der Waals surface area contributed by atoms with Crippen molar-refractivity contribution in [1.82, 2.24) is 5.32 Å². The molecule has 1 aliphatic heterocycles. The predicted octanol–water partition coefficient (Wildman–Crippen LogP) is 0.711. The van der Waals surface area contributed by atoms with Crippen molar-refractivity contribution in [1.29, 1.82) is 0 Å². The van der Waals surface area contributed by atoms with Gasteiger partial charge in [0.25, 0.3) is 0 Å². The van der Waals surface area contributed by atoms with Gasteiger partial charge in [-0.3, -0.25) is 19.8 Å². The fourth-order valence-corrected chi connectivity index (χ4v) is 1.68. The molecule has 1 aromatic rings. The lowest BCUT2D eigenvalue weighted by Crippen LogP contribution is -2.49. The number of hydrogen-bond donors (Lipinski definition) is 1. The SMILES string of the molecule is O=CCOc1cccc(N2CCC(=O)NC2=O)c1. The van der Waals surface area contributed by atoms with Crippen LogP contribution in [-0.4, -0.2) is 31.4 Å². The quantitative estimate of drug-likeness (QED) is 0.796. The molecule has 0 unspecified atom stereocenters. The minimum atomic E-state index is -0.446.